The van der Waals surface area contributed by atoms with Crippen LogP contribution in [-0.2, 0) is 6.54 Å². The molecule has 1 N–H and O–H groups in total. The minimum Gasteiger partial charge on any atom is -0.314 e. The molecule has 0 bridgehead atoms. The molecule has 16 heavy (non-hydrogen) atoms. The van der Waals surface area contributed by atoms with Crippen LogP contribution in [0.3, 0.4) is 0 Å². The normalized spacial score (nSPS) is 20.4. The summed E-state index contributed by atoms with van der Waals surface area (Å²) in [5, 5.41) is 7.73. The molecule has 2 rings (SSSR count). The van der Waals surface area contributed by atoms with Crippen LogP contribution in [0.2, 0.25) is 0 Å². The first-order valence-corrected chi connectivity index (χ1v) is 6.24. The fraction of sp³-hybridized carbons (Fsp3) is 0.833. The van der Waals surface area contributed by atoms with Crippen LogP contribution in [-0.4, -0.2) is 27.4 Å². The van der Waals surface area contributed by atoms with E-state index in [0.717, 1.165) is 19.5 Å². The molecule has 1 saturated carbocycles. The van der Waals surface area contributed by atoms with Gasteiger partial charge in [-0.15, -0.1) is 0 Å². The molecule has 1 aliphatic carbocycles. The van der Waals surface area contributed by atoms with Gasteiger partial charge in [-0.25, -0.2) is 4.98 Å². The van der Waals surface area contributed by atoms with E-state index in [2.05, 4.69) is 29.2 Å². The minimum atomic E-state index is 0.557. The second kappa shape index (κ2) is 4.95. The van der Waals surface area contributed by atoms with Gasteiger partial charge >= 0.3 is 0 Å². The molecule has 0 amide bonds. The molecular formula is C12H22N4. The fourth-order valence-corrected chi connectivity index (χ4v) is 2.15. The van der Waals surface area contributed by atoms with E-state index in [0.29, 0.717) is 11.5 Å². The van der Waals surface area contributed by atoms with Gasteiger partial charge in [0.15, 0.2) is 0 Å². The van der Waals surface area contributed by atoms with Gasteiger partial charge in [-0.05, 0) is 31.6 Å². The molecule has 0 spiro atoms. The van der Waals surface area contributed by atoms with Gasteiger partial charge in [-0.2, -0.15) is 5.10 Å². The van der Waals surface area contributed by atoms with E-state index in [1.807, 2.05) is 4.68 Å². The second-order valence-electron chi connectivity index (χ2n) is 5.39. The smallest absolute Gasteiger partial charge is 0.137 e. The third kappa shape index (κ3) is 3.04. The van der Waals surface area contributed by atoms with Gasteiger partial charge in [0.05, 0.1) is 0 Å². The van der Waals surface area contributed by atoms with Gasteiger partial charge < -0.3 is 5.32 Å². The van der Waals surface area contributed by atoms with Crippen LogP contribution in [0.1, 0.15) is 39.5 Å². The number of hydrogen-bond acceptors (Lipinski definition) is 3. The van der Waals surface area contributed by atoms with E-state index in [4.69, 9.17) is 0 Å². The van der Waals surface area contributed by atoms with Crippen LogP contribution < -0.4 is 5.32 Å². The largest absolute Gasteiger partial charge is 0.314 e. The molecule has 4 nitrogen and oxygen atoms in total. The Morgan fingerprint density at radius 2 is 2.31 bits per heavy atom. The van der Waals surface area contributed by atoms with Gasteiger partial charge in [-0.3, -0.25) is 4.68 Å². The number of hydrogen-bond donors (Lipinski definition) is 1. The summed E-state index contributed by atoms with van der Waals surface area (Å²) in [6, 6.07) is 0.557. The van der Waals surface area contributed by atoms with Crippen LogP contribution >= 0.6 is 0 Å². The minimum absolute atomic E-state index is 0.557. The summed E-state index contributed by atoms with van der Waals surface area (Å²) in [4.78, 5) is 3.94. The Balaban J connectivity index is 1.62. The van der Waals surface area contributed by atoms with E-state index in [-0.39, 0.29) is 0 Å². The quantitative estimate of drug-likeness (QED) is 0.798. The Bertz CT molecular complexity index is 303. The summed E-state index contributed by atoms with van der Waals surface area (Å²) in [5.74, 6) is 0. The van der Waals surface area contributed by atoms with Crippen molar-refractivity contribution < 1.29 is 0 Å². The molecule has 1 fully saturated rings. The Hall–Kier alpha value is -0.900. The molecule has 0 radical (unpaired) electrons. The third-order valence-electron chi connectivity index (χ3n) is 3.70. The number of nitrogens with zero attached hydrogens (tertiary/aromatic N) is 3. The predicted molar refractivity (Wildman–Crippen MR) is 64.1 cm³/mol. The molecule has 1 aromatic rings. The Labute approximate surface area is 97.5 Å². The molecular weight excluding hydrogens is 200 g/mol. The van der Waals surface area contributed by atoms with Crippen LogP contribution in [0.15, 0.2) is 12.7 Å². The summed E-state index contributed by atoms with van der Waals surface area (Å²) in [6.07, 6.45) is 8.66. The van der Waals surface area contributed by atoms with Crippen LogP contribution in [0, 0.1) is 5.41 Å². The monoisotopic (exact) mass is 222 g/mol. The molecule has 1 aliphatic rings. The molecule has 0 aliphatic heterocycles. The maximum atomic E-state index is 4.10. The predicted octanol–water partition coefficient (Wildman–Crippen LogP) is 1.84. The number of rotatable bonds is 6. The zero-order valence-electron chi connectivity index (χ0n) is 10.3. The van der Waals surface area contributed by atoms with E-state index >= 15 is 0 Å². The molecule has 90 valence electrons. The lowest BCUT2D eigenvalue weighted by Crippen LogP contribution is -2.41. The Kier molecular flexibility index (Phi) is 3.59. The Morgan fingerprint density at radius 3 is 2.88 bits per heavy atom. The summed E-state index contributed by atoms with van der Waals surface area (Å²) in [7, 11) is 0. The van der Waals surface area contributed by atoms with Gasteiger partial charge in [0.1, 0.15) is 12.7 Å². The van der Waals surface area contributed by atoms with Crippen molar-refractivity contribution in [2.45, 2.75) is 52.1 Å². The molecule has 1 heterocycles. The van der Waals surface area contributed by atoms with Crippen LogP contribution in [0.4, 0.5) is 0 Å². The third-order valence-corrected chi connectivity index (χ3v) is 3.70. The first-order valence-electron chi connectivity index (χ1n) is 6.24. The van der Waals surface area contributed by atoms with Gasteiger partial charge in [0.2, 0.25) is 0 Å². The van der Waals surface area contributed by atoms with Crippen molar-refractivity contribution in [2.24, 2.45) is 5.41 Å². The first kappa shape index (κ1) is 11.6. The van der Waals surface area contributed by atoms with Crippen molar-refractivity contribution in [3.05, 3.63) is 12.7 Å². The highest BCUT2D eigenvalue weighted by atomic mass is 15.3. The standard InChI is InChI=1S/C12H22N4/c1-11(4-7-16-10-13-9-15-16)14-8-12(2)5-3-6-12/h9-11,14H,3-8H2,1-2H3. The summed E-state index contributed by atoms with van der Waals surface area (Å²) in [5.41, 5.74) is 0.571. The number of aromatic nitrogens is 3. The van der Waals surface area contributed by atoms with Crippen molar-refractivity contribution in [3.8, 4) is 0 Å². The topological polar surface area (TPSA) is 42.7 Å². The molecule has 1 atom stereocenters. The van der Waals surface area contributed by atoms with E-state index in [1.54, 1.807) is 12.7 Å². The molecule has 0 saturated heterocycles. The van der Waals surface area contributed by atoms with Gasteiger partial charge in [0, 0.05) is 19.1 Å². The average molecular weight is 222 g/mol. The second-order valence-corrected chi connectivity index (χ2v) is 5.39. The fourth-order valence-electron chi connectivity index (χ4n) is 2.15. The van der Waals surface area contributed by atoms with Crippen LogP contribution in [0.5, 0.6) is 0 Å². The summed E-state index contributed by atoms with van der Waals surface area (Å²) < 4.78 is 1.89. The van der Waals surface area contributed by atoms with E-state index in [9.17, 15) is 0 Å². The lowest BCUT2D eigenvalue weighted by Gasteiger charge is -2.39. The van der Waals surface area contributed by atoms with E-state index < -0.39 is 0 Å². The van der Waals surface area contributed by atoms with Crippen molar-refractivity contribution in [3.63, 3.8) is 0 Å². The molecule has 1 unspecified atom stereocenters. The highest BCUT2D eigenvalue weighted by Crippen LogP contribution is 2.39. The average Bonchev–Trinajstić information content (AvgIpc) is 2.73. The molecule has 0 aromatic carbocycles. The van der Waals surface area contributed by atoms with Crippen molar-refractivity contribution in [2.75, 3.05) is 6.54 Å². The zero-order chi connectivity index (χ0) is 11.4. The summed E-state index contributed by atoms with van der Waals surface area (Å²) in [6.45, 7) is 6.74. The lowest BCUT2D eigenvalue weighted by molar-refractivity contribution is 0.150. The Morgan fingerprint density at radius 1 is 1.50 bits per heavy atom. The maximum absolute atomic E-state index is 4.10. The maximum Gasteiger partial charge on any atom is 0.137 e. The van der Waals surface area contributed by atoms with Crippen molar-refractivity contribution in [1.29, 1.82) is 0 Å². The summed E-state index contributed by atoms with van der Waals surface area (Å²) >= 11 is 0. The zero-order valence-corrected chi connectivity index (χ0v) is 10.3. The number of aryl methyl sites for hydroxylation is 1. The SMILES string of the molecule is CC(CCn1cncn1)NCC1(C)CCC1. The highest BCUT2D eigenvalue weighted by Gasteiger charge is 2.31. The molecule has 1 aromatic heterocycles. The van der Waals surface area contributed by atoms with Gasteiger partial charge in [-0.1, -0.05) is 13.3 Å². The lowest BCUT2D eigenvalue weighted by atomic mass is 9.70. The van der Waals surface area contributed by atoms with Gasteiger partial charge in [0.25, 0.3) is 0 Å². The van der Waals surface area contributed by atoms with Crippen molar-refractivity contribution >= 4 is 0 Å². The highest BCUT2D eigenvalue weighted by molar-refractivity contribution is 4.85. The molecule has 4 heteroatoms. The first-order chi connectivity index (χ1) is 7.68. The van der Waals surface area contributed by atoms with Crippen molar-refractivity contribution in [1.82, 2.24) is 20.1 Å². The van der Waals surface area contributed by atoms with Crippen LogP contribution in [0.25, 0.3) is 0 Å². The number of nitrogens with one attached hydrogen (secondary N) is 1. The van der Waals surface area contributed by atoms with E-state index in [1.165, 1.54) is 19.3 Å².